The van der Waals surface area contributed by atoms with Crippen molar-refractivity contribution in [2.24, 2.45) is 5.73 Å². The summed E-state index contributed by atoms with van der Waals surface area (Å²) in [6.07, 6.45) is -4.95. The van der Waals surface area contributed by atoms with Gasteiger partial charge in [-0.15, -0.1) is 13.2 Å². The number of rotatable bonds is 9. The van der Waals surface area contributed by atoms with E-state index in [1.807, 2.05) is 0 Å². The molecule has 0 aliphatic heterocycles. The summed E-state index contributed by atoms with van der Waals surface area (Å²) >= 11 is 0. The van der Waals surface area contributed by atoms with Crippen LogP contribution in [0.25, 0.3) is 0 Å². The highest BCUT2D eigenvalue weighted by atomic mass is 32.2. The molecule has 190 valence electrons. The van der Waals surface area contributed by atoms with E-state index < -0.39 is 40.1 Å². The Hall–Kier alpha value is -3.90. The number of ether oxygens (including phenoxy) is 2. The Morgan fingerprint density at radius 2 is 1.53 bits per heavy atom. The second-order valence-corrected chi connectivity index (χ2v) is 9.36. The van der Waals surface area contributed by atoms with E-state index >= 15 is 0 Å². The molecule has 0 saturated heterocycles. The fourth-order valence-corrected chi connectivity index (χ4v) is 4.99. The van der Waals surface area contributed by atoms with Crippen molar-refractivity contribution >= 4 is 21.9 Å². The van der Waals surface area contributed by atoms with Crippen molar-refractivity contribution in [3.63, 3.8) is 0 Å². The van der Waals surface area contributed by atoms with Crippen molar-refractivity contribution in [3.8, 4) is 5.75 Å². The van der Waals surface area contributed by atoms with Crippen LogP contribution in [0.1, 0.15) is 27.5 Å². The maximum Gasteiger partial charge on any atom is 0.573 e. The fourth-order valence-electron chi connectivity index (χ4n) is 3.42. The number of carbonyl (C=O) groups excluding carboxylic acids is 2. The summed E-state index contributed by atoms with van der Waals surface area (Å²) in [5.41, 5.74) is 6.55. The first-order chi connectivity index (χ1) is 16.9. The van der Waals surface area contributed by atoms with Crippen molar-refractivity contribution in [3.05, 3.63) is 95.6 Å². The molecule has 0 aromatic heterocycles. The molecule has 0 saturated carbocycles. The zero-order chi connectivity index (χ0) is 26.5. The average Bonchev–Trinajstić information content (AvgIpc) is 2.83. The van der Waals surface area contributed by atoms with Crippen molar-refractivity contribution in [1.82, 2.24) is 4.31 Å². The predicted molar refractivity (Wildman–Crippen MR) is 122 cm³/mol. The van der Waals surface area contributed by atoms with E-state index in [4.69, 9.17) is 5.73 Å². The standard InChI is InChI=1S/C24H21F3N2O6S/c1-34-23(31)18-9-7-16(8-10-18)15-29(21(22(28)30)17-5-3-2-4-6-17)36(32,33)20-13-11-19(12-14-20)35-24(25,26)27/h2-14,21H,15H2,1H3,(H2,28,30). The van der Waals surface area contributed by atoms with Gasteiger partial charge in [-0.05, 0) is 47.5 Å². The number of amides is 1. The van der Waals surface area contributed by atoms with Gasteiger partial charge in [0.25, 0.3) is 0 Å². The summed E-state index contributed by atoms with van der Waals surface area (Å²) in [6, 6.07) is 15.9. The zero-order valence-electron chi connectivity index (χ0n) is 18.8. The topological polar surface area (TPSA) is 116 Å². The number of hydrogen-bond acceptors (Lipinski definition) is 6. The van der Waals surface area contributed by atoms with Crippen LogP contribution in [0.2, 0.25) is 0 Å². The van der Waals surface area contributed by atoms with Crippen LogP contribution in [0.4, 0.5) is 13.2 Å². The number of carbonyl (C=O) groups is 2. The monoisotopic (exact) mass is 522 g/mol. The molecule has 0 heterocycles. The average molecular weight is 523 g/mol. The van der Waals surface area contributed by atoms with Gasteiger partial charge in [0.1, 0.15) is 11.8 Å². The van der Waals surface area contributed by atoms with Crippen LogP contribution in [0, 0.1) is 0 Å². The minimum atomic E-state index is -4.95. The van der Waals surface area contributed by atoms with Crippen LogP contribution in [0.3, 0.4) is 0 Å². The van der Waals surface area contributed by atoms with Gasteiger partial charge >= 0.3 is 12.3 Å². The second kappa shape index (κ2) is 10.8. The molecule has 0 aliphatic rings. The lowest BCUT2D eigenvalue weighted by atomic mass is 10.1. The highest BCUT2D eigenvalue weighted by molar-refractivity contribution is 7.89. The van der Waals surface area contributed by atoms with Gasteiger partial charge in [0.2, 0.25) is 15.9 Å². The molecule has 3 aromatic rings. The number of primary amides is 1. The van der Waals surface area contributed by atoms with Gasteiger partial charge in [0.05, 0.1) is 17.6 Å². The maximum absolute atomic E-state index is 13.7. The van der Waals surface area contributed by atoms with Crippen LogP contribution >= 0.6 is 0 Å². The second-order valence-electron chi connectivity index (χ2n) is 7.47. The molecule has 3 aromatic carbocycles. The fraction of sp³-hybridized carbons (Fsp3) is 0.167. The van der Waals surface area contributed by atoms with E-state index in [1.54, 1.807) is 18.2 Å². The van der Waals surface area contributed by atoms with Gasteiger partial charge in [0.15, 0.2) is 0 Å². The third-order valence-electron chi connectivity index (χ3n) is 5.05. The number of methoxy groups -OCH3 is 1. The number of sulfonamides is 1. The number of benzene rings is 3. The minimum absolute atomic E-state index is 0.227. The smallest absolute Gasteiger partial charge is 0.465 e. The van der Waals surface area contributed by atoms with Crippen LogP contribution in [-0.2, 0) is 26.1 Å². The van der Waals surface area contributed by atoms with Crippen LogP contribution < -0.4 is 10.5 Å². The summed E-state index contributed by atoms with van der Waals surface area (Å²) in [4.78, 5) is 23.8. The number of nitrogens with zero attached hydrogens (tertiary/aromatic N) is 1. The maximum atomic E-state index is 13.7. The normalized spacial score (nSPS) is 12.7. The highest BCUT2D eigenvalue weighted by Crippen LogP contribution is 2.31. The Morgan fingerprint density at radius 1 is 0.944 bits per heavy atom. The van der Waals surface area contributed by atoms with E-state index in [-0.39, 0.29) is 22.6 Å². The van der Waals surface area contributed by atoms with E-state index in [0.29, 0.717) is 5.56 Å². The Morgan fingerprint density at radius 3 is 2.03 bits per heavy atom. The number of halogens is 3. The molecule has 1 atom stereocenters. The molecule has 0 aliphatic carbocycles. The predicted octanol–water partition coefficient (Wildman–Crippen LogP) is 3.79. The largest absolute Gasteiger partial charge is 0.573 e. The van der Waals surface area contributed by atoms with Gasteiger partial charge in [-0.25, -0.2) is 13.2 Å². The van der Waals surface area contributed by atoms with E-state index in [0.717, 1.165) is 28.6 Å². The third kappa shape index (κ3) is 6.40. The van der Waals surface area contributed by atoms with Crippen molar-refractivity contribution in [2.45, 2.75) is 23.8 Å². The van der Waals surface area contributed by atoms with Gasteiger partial charge in [-0.1, -0.05) is 42.5 Å². The lowest BCUT2D eigenvalue weighted by Gasteiger charge is -2.29. The summed E-state index contributed by atoms with van der Waals surface area (Å²) in [5.74, 6) is -2.17. The molecule has 1 unspecified atom stereocenters. The van der Waals surface area contributed by atoms with E-state index in [1.165, 1.54) is 43.5 Å². The van der Waals surface area contributed by atoms with Gasteiger partial charge in [-0.3, -0.25) is 4.79 Å². The Kier molecular flexibility index (Phi) is 8.00. The van der Waals surface area contributed by atoms with Gasteiger partial charge in [-0.2, -0.15) is 4.31 Å². The van der Waals surface area contributed by atoms with E-state index in [2.05, 4.69) is 9.47 Å². The first-order valence-electron chi connectivity index (χ1n) is 10.3. The molecular weight excluding hydrogens is 501 g/mol. The SMILES string of the molecule is COC(=O)c1ccc(CN(C(C(N)=O)c2ccccc2)S(=O)(=O)c2ccc(OC(F)(F)F)cc2)cc1. The van der Waals surface area contributed by atoms with E-state index in [9.17, 15) is 31.2 Å². The molecule has 0 fully saturated rings. The Bertz CT molecular complexity index is 1310. The summed E-state index contributed by atoms with van der Waals surface area (Å²) in [7, 11) is -3.26. The molecule has 0 bridgehead atoms. The minimum Gasteiger partial charge on any atom is -0.465 e. The van der Waals surface area contributed by atoms with Crippen molar-refractivity contribution in [1.29, 1.82) is 0 Å². The third-order valence-corrected chi connectivity index (χ3v) is 6.88. The quantitative estimate of drug-likeness (QED) is 0.428. The molecule has 0 radical (unpaired) electrons. The number of alkyl halides is 3. The van der Waals surface area contributed by atoms with Crippen LogP contribution in [-0.4, -0.2) is 38.1 Å². The Balaban J connectivity index is 2.06. The first-order valence-corrected chi connectivity index (χ1v) is 11.8. The van der Waals surface area contributed by atoms with Gasteiger partial charge < -0.3 is 15.2 Å². The highest BCUT2D eigenvalue weighted by Gasteiger charge is 2.37. The van der Waals surface area contributed by atoms with Crippen molar-refractivity contribution in [2.75, 3.05) is 7.11 Å². The summed E-state index contributed by atoms with van der Waals surface area (Å²) in [6.45, 7) is -0.340. The summed E-state index contributed by atoms with van der Waals surface area (Å²) < 4.78 is 74.1. The molecule has 8 nitrogen and oxygen atoms in total. The lowest BCUT2D eigenvalue weighted by Crippen LogP contribution is -2.41. The molecule has 12 heteroatoms. The number of nitrogens with two attached hydrogens (primary N) is 1. The molecular formula is C24H21F3N2O6S. The number of hydrogen-bond donors (Lipinski definition) is 1. The van der Waals surface area contributed by atoms with Crippen molar-refractivity contribution < 1.29 is 40.7 Å². The molecule has 1 amide bonds. The van der Waals surface area contributed by atoms with Crippen LogP contribution in [0.5, 0.6) is 5.75 Å². The lowest BCUT2D eigenvalue weighted by molar-refractivity contribution is -0.274. The molecule has 2 N–H and O–H groups in total. The summed E-state index contributed by atoms with van der Waals surface area (Å²) in [5, 5.41) is 0. The molecule has 0 spiro atoms. The number of esters is 1. The molecule has 36 heavy (non-hydrogen) atoms. The first kappa shape index (κ1) is 26.7. The van der Waals surface area contributed by atoms with Gasteiger partial charge in [0, 0.05) is 6.54 Å². The molecule has 3 rings (SSSR count). The Labute approximate surface area is 205 Å². The zero-order valence-corrected chi connectivity index (χ0v) is 19.6. The van der Waals surface area contributed by atoms with Crippen LogP contribution in [0.15, 0.2) is 83.8 Å².